The number of unbranched alkanes of at least 4 members (excludes halogenated alkanes) is 2. The zero-order valence-corrected chi connectivity index (χ0v) is 55.4. The summed E-state index contributed by atoms with van der Waals surface area (Å²) < 4.78 is 16.0. The van der Waals surface area contributed by atoms with Gasteiger partial charge < -0.3 is 24.8 Å². The Labute approximate surface area is 571 Å². The van der Waals surface area contributed by atoms with E-state index in [9.17, 15) is 58.8 Å². The van der Waals surface area contributed by atoms with Crippen LogP contribution >= 0.6 is 0 Å². The molecule has 6 N–H and O–H groups in total. The third-order valence-corrected chi connectivity index (χ3v) is 18.7. The van der Waals surface area contributed by atoms with E-state index in [-0.39, 0.29) is 102 Å². The zero-order valence-electron chi connectivity index (χ0n) is 55.4. The van der Waals surface area contributed by atoms with Gasteiger partial charge in [0, 0.05) is 45.4 Å². The van der Waals surface area contributed by atoms with Crippen LogP contribution in [0.15, 0.2) is 225 Å². The Bertz CT molecular complexity index is 5530. The molecule has 14 aromatic rings. The van der Waals surface area contributed by atoms with E-state index in [1.165, 1.54) is 33.4 Å². The second-order valence-corrected chi connectivity index (χ2v) is 24.9. The van der Waals surface area contributed by atoms with Gasteiger partial charge in [0.25, 0.3) is 22.2 Å². The van der Waals surface area contributed by atoms with Crippen molar-refractivity contribution >= 4 is 89.5 Å². The fraction of sp³-hybridized carbons (Fsp3) is 0.200. The molecule has 3 aromatic heterocycles. The number of furan rings is 1. The molecule has 0 spiro atoms. The maximum atomic E-state index is 14.3. The van der Waals surface area contributed by atoms with E-state index in [0.717, 1.165) is 84.7 Å². The number of aromatic hydroxyl groups is 4. The third kappa shape index (κ3) is 13.4. The van der Waals surface area contributed by atoms with Crippen LogP contribution < -0.4 is 44.3 Å². The summed E-state index contributed by atoms with van der Waals surface area (Å²) in [7, 11) is -1.77. The van der Waals surface area contributed by atoms with Crippen molar-refractivity contribution < 1.29 is 39.6 Å². The second-order valence-electron chi connectivity index (χ2n) is 24.9. The molecule has 18 nitrogen and oxygen atoms in total. The van der Waals surface area contributed by atoms with Crippen LogP contribution in [0.25, 0.3) is 120 Å². The molecule has 0 amide bonds. The summed E-state index contributed by atoms with van der Waals surface area (Å²) in [4.78, 5) is 104. The number of rotatable bonds is 17. The van der Waals surface area contributed by atoms with E-state index in [2.05, 4.69) is 18.3 Å². The predicted molar refractivity (Wildman–Crippen MR) is 397 cm³/mol. The zero-order chi connectivity index (χ0) is 71.2. The monoisotopic (exact) mass is 1340 g/mol. The van der Waals surface area contributed by atoms with Gasteiger partial charge in [-0.05, 0) is 106 Å². The van der Waals surface area contributed by atoms with Crippen LogP contribution in [-0.2, 0) is 17.8 Å². The minimum atomic E-state index is -1.80. The largest absolute Gasteiger partial charge is 0.507 e. The quantitative estimate of drug-likeness (QED) is 0.0280. The fourth-order valence-electron chi connectivity index (χ4n) is 13.4. The first kappa shape index (κ1) is 69.9. The van der Waals surface area contributed by atoms with Crippen molar-refractivity contribution in [2.75, 3.05) is 0 Å². The maximum absolute atomic E-state index is 14.3. The van der Waals surface area contributed by atoms with Crippen LogP contribution in [0, 0.1) is 11.8 Å². The Morgan fingerprint density at radius 2 is 0.660 bits per heavy atom. The summed E-state index contributed by atoms with van der Waals surface area (Å²) in [6, 6.07) is 54.3. The number of aromatic nitrogens is 2. The van der Waals surface area contributed by atoms with Crippen molar-refractivity contribution in [3.05, 3.63) is 265 Å². The van der Waals surface area contributed by atoms with Crippen molar-refractivity contribution in [1.29, 1.82) is 0 Å². The van der Waals surface area contributed by atoms with Gasteiger partial charge in [0.1, 0.15) is 23.0 Å². The van der Waals surface area contributed by atoms with E-state index in [0.29, 0.717) is 28.4 Å². The molecule has 100 heavy (non-hydrogen) atoms. The molecule has 20 heteroatoms. The molecule has 0 aliphatic carbocycles. The molecule has 0 fully saturated rings. The normalized spacial score (nSPS) is 11.9. The smallest absolute Gasteiger partial charge is 0.124 e. The van der Waals surface area contributed by atoms with Crippen LogP contribution in [0.4, 0.5) is 0 Å². The molecule has 0 saturated heterocycles. The molecule has 0 aliphatic rings. The molecule has 0 radical (unpaired) electrons. The molecule has 0 bridgehead atoms. The Kier molecular flexibility index (Phi) is 21.0. The van der Waals surface area contributed by atoms with Crippen LogP contribution in [0.5, 0.6) is 23.0 Å². The van der Waals surface area contributed by atoms with Gasteiger partial charge in [-0.2, -0.15) is 0 Å². The number of fused-ring (bicyclic) bond motifs is 7. The first-order chi connectivity index (χ1) is 48.3. The van der Waals surface area contributed by atoms with Gasteiger partial charge in [-0.25, -0.2) is 9.59 Å². The van der Waals surface area contributed by atoms with Gasteiger partial charge >= 0.3 is 40.1 Å². The molecule has 11 aromatic carbocycles. The number of hydrogen-bond donors (Lipinski definition) is 6. The molecule has 3 heterocycles. The molecule has 502 valence electrons. The van der Waals surface area contributed by atoms with Crippen molar-refractivity contribution in [1.82, 2.24) is 9.13 Å². The molecule has 14 rings (SSSR count). The Morgan fingerprint density at radius 3 is 0.930 bits per heavy atom. The summed E-state index contributed by atoms with van der Waals surface area (Å²) in [5.41, 5.74) is 1.67. The SMILES string of the molecule is CCCCC(CC)Cn1c(=O)c2cc3c(=O)c4c(O)c5c(-c6ccccc6)ccc(-c6ccccc6)c5c(O)c4c(=O)c3cc2c1=O.CCCCC(CC)Cn1c(=O)c2cc3c(=O)oc(=O)c3cc2c1=O.O=BB(O)O.Oc1ccc(O)c2c(-c3ccccc3)ccc(-c3ccccc3)c12. The third-order valence-electron chi connectivity index (χ3n) is 18.7. The van der Waals surface area contributed by atoms with Crippen molar-refractivity contribution in [2.45, 2.75) is 92.2 Å². The Hall–Kier alpha value is -11.5. The maximum Gasteiger partial charge on any atom is 0.124 e. The van der Waals surface area contributed by atoms with Crippen LogP contribution in [0.1, 0.15) is 79.1 Å². The minimum absolute atomic E-state index is 0.0278. The average Bonchev–Trinajstić information content (AvgIpc) is 1.28. The predicted octanol–water partition coefficient (Wildman–Crippen LogP) is 12.9. The first-order valence-electron chi connectivity index (χ1n) is 33.3. The summed E-state index contributed by atoms with van der Waals surface area (Å²) in [6.07, 6.45) is 7.63. The van der Waals surface area contributed by atoms with E-state index in [4.69, 9.17) is 14.8 Å². The summed E-state index contributed by atoms with van der Waals surface area (Å²) in [6.45, 7) is 8.89. The van der Waals surface area contributed by atoms with Gasteiger partial charge in [0.2, 0.25) is 0 Å². The van der Waals surface area contributed by atoms with Crippen molar-refractivity contribution in [2.24, 2.45) is 11.8 Å². The van der Waals surface area contributed by atoms with E-state index < -0.39 is 62.9 Å². The Morgan fingerprint density at radius 1 is 0.380 bits per heavy atom. The second kappa shape index (κ2) is 30.1. The number of nitrogens with zero attached hydrogens (tertiary/aromatic N) is 2. The van der Waals surface area contributed by atoms with Gasteiger partial charge in [-0.3, -0.25) is 37.9 Å². The number of hydrogen-bond acceptors (Lipinski definition) is 16. The van der Waals surface area contributed by atoms with E-state index in [1.807, 2.05) is 159 Å². The molecule has 2 atom stereocenters. The van der Waals surface area contributed by atoms with Crippen LogP contribution in [0.3, 0.4) is 0 Å². The minimum Gasteiger partial charge on any atom is -0.507 e. The van der Waals surface area contributed by atoms with Crippen molar-refractivity contribution in [3.8, 4) is 67.5 Å². The Balaban J connectivity index is 0.000000159. The molecule has 2 unspecified atom stereocenters. The summed E-state index contributed by atoms with van der Waals surface area (Å²) >= 11 is 0. The summed E-state index contributed by atoms with van der Waals surface area (Å²) in [5, 5.41) is 61.6. The van der Waals surface area contributed by atoms with Gasteiger partial charge in [-0.1, -0.05) is 212 Å². The van der Waals surface area contributed by atoms with Crippen molar-refractivity contribution in [3.63, 3.8) is 0 Å². The van der Waals surface area contributed by atoms with Gasteiger partial charge in [0.05, 0.1) is 43.1 Å². The number of benzene rings is 11. The summed E-state index contributed by atoms with van der Waals surface area (Å²) in [5.74, 6) is -0.137. The number of phenolic OH excluding ortho intramolecular Hbond substituents is 4. The van der Waals surface area contributed by atoms with Crippen LogP contribution in [0.2, 0.25) is 0 Å². The van der Waals surface area contributed by atoms with E-state index in [1.54, 1.807) is 12.1 Å². The van der Waals surface area contributed by atoms with Gasteiger partial charge in [-0.15, -0.1) is 0 Å². The first-order valence-corrected chi connectivity index (χ1v) is 33.3. The van der Waals surface area contributed by atoms with E-state index >= 15 is 0 Å². The standard InChI is InChI=1S/C40H33NO6.C22H16O2.C18H19NO5.B2H2O3/c1-3-5-12-22(4-2)21-41-39(46)29-19-27-28(20-30(29)40(41)47)36(43)34-33(35(27)42)37(44)31-25(23-13-8-6-9-14-23)17-18-26(32(31)38(34)45)24-15-10-7-11-16-24;23-19-13-14-20(24)22-18(16-9-5-2-6-10-16)12-11-17(21(19)22)15-7-3-1-4-8-15;1-3-5-6-10(4-2)9-19-15(20)11-7-13-14(8-12(11)16(19)21)18(23)24-17(13)22;3-1-2(4)5/h6-11,13-20,22,44-45H,3-5,12,21H2,1-2H3;1-14,23-24H;7-8,10H,3-6,9H2,1-2H3;4-5H. The van der Waals surface area contributed by atoms with Gasteiger partial charge in [0.15, 0.2) is 10.9 Å². The fourth-order valence-corrected chi connectivity index (χ4v) is 13.4. The van der Waals surface area contributed by atoms with Crippen LogP contribution in [-0.4, -0.2) is 53.7 Å². The molecular weight excluding hydrogens is 1270 g/mol. The molecule has 0 aliphatic heterocycles. The average molecular weight is 1340 g/mol. The molecule has 0 saturated carbocycles. The topological polar surface area (TPSA) is 298 Å². The number of phenols is 4. The molecular formula is C80H70B2N2O16.